The molecule has 0 saturated heterocycles. The third-order valence-electron chi connectivity index (χ3n) is 3.13. The summed E-state index contributed by atoms with van der Waals surface area (Å²) >= 11 is 0. The van der Waals surface area contributed by atoms with Crippen LogP contribution in [0.15, 0.2) is 24.3 Å². The molecule has 124 valence electrons. The highest BCUT2D eigenvalue weighted by Gasteiger charge is 2.45. The molecule has 9 heteroatoms. The molecule has 1 amide bonds. The molecule has 0 bridgehead atoms. The van der Waals surface area contributed by atoms with E-state index in [0.29, 0.717) is 17.8 Å². The number of amides is 1. The molecule has 1 unspecified atom stereocenters. The van der Waals surface area contributed by atoms with Gasteiger partial charge in [-0.25, -0.2) is 8.78 Å². The SMILES string of the molecule is Cc1cc(C(=O)NC(c2c(F)cccc2F)C(F)(F)F)n(C)n1. The molecule has 0 aliphatic carbocycles. The number of rotatable bonds is 3. The van der Waals surface area contributed by atoms with Crippen molar-refractivity contribution in [2.75, 3.05) is 0 Å². The van der Waals surface area contributed by atoms with Gasteiger partial charge in [-0.1, -0.05) is 6.07 Å². The number of halogens is 5. The van der Waals surface area contributed by atoms with Gasteiger partial charge in [0.2, 0.25) is 0 Å². The Balaban J connectivity index is 2.42. The molecule has 0 aliphatic heterocycles. The first-order valence-electron chi connectivity index (χ1n) is 6.43. The van der Waals surface area contributed by atoms with Crippen LogP contribution in [0.1, 0.15) is 27.8 Å². The van der Waals surface area contributed by atoms with E-state index >= 15 is 0 Å². The van der Waals surface area contributed by atoms with Crippen molar-refractivity contribution in [2.45, 2.75) is 19.1 Å². The van der Waals surface area contributed by atoms with Crippen LogP contribution in [0, 0.1) is 18.6 Å². The van der Waals surface area contributed by atoms with Crippen molar-refractivity contribution in [1.29, 1.82) is 0 Å². The highest BCUT2D eigenvalue weighted by Crippen LogP contribution is 2.35. The summed E-state index contributed by atoms with van der Waals surface area (Å²) in [4.78, 5) is 12.0. The Morgan fingerprint density at radius 1 is 1.26 bits per heavy atom. The number of alkyl halides is 3. The van der Waals surface area contributed by atoms with Crippen LogP contribution >= 0.6 is 0 Å². The van der Waals surface area contributed by atoms with E-state index in [1.165, 1.54) is 13.1 Å². The molecule has 1 aromatic carbocycles. The topological polar surface area (TPSA) is 46.9 Å². The Kier molecular flexibility index (Phi) is 4.39. The van der Waals surface area contributed by atoms with Gasteiger partial charge >= 0.3 is 6.18 Å². The van der Waals surface area contributed by atoms with Crippen LogP contribution in [-0.2, 0) is 7.05 Å². The van der Waals surface area contributed by atoms with Crippen molar-refractivity contribution in [1.82, 2.24) is 15.1 Å². The lowest BCUT2D eigenvalue weighted by atomic mass is 10.0. The summed E-state index contributed by atoms with van der Waals surface area (Å²) < 4.78 is 67.9. The van der Waals surface area contributed by atoms with Crippen LogP contribution < -0.4 is 5.32 Å². The number of benzene rings is 1. The Labute approximate surface area is 127 Å². The first-order valence-corrected chi connectivity index (χ1v) is 6.43. The second-order valence-corrected chi connectivity index (χ2v) is 4.88. The van der Waals surface area contributed by atoms with Crippen molar-refractivity contribution in [3.63, 3.8) is 0 Å². The fraction of sp³-hybridized carbons (Fsp3) is 0.286. The van der Waals surface area contributed by atoms with Crippen LogP contribution in [0.25, 0.3) is 0 Å². The van der Waals surface area contributed by atoms with Crippen molar-refractivity contribution in [3.8, 4) is 0 Å². The summed E-state index contributed by atoms with van der Waals surface area (Å²) in [5, 5.41) is 5.46. The zero-order valence-electron chi connectivity index (χ0n) is 12.1. The van der Waals surface area contributed by atoms with Crippen LogP contribution in [0.3, 0.4) is 0 Å². The van der Waals surface area contributed by atoms with Crippen LogP contribution in [0.2, 0.25) is 0 Å². The van der Waals surface area contributed by atoms with Gasteiger partial charge in [0.15, 0.2) is 6.04 Å². The lowest BCUT2D eigenvalue weighted by Gasteiger charge is -2.22. The smallest absolute Gasteiger partial charge is 0.335 e. The fourth-order valence-corrected chi connectivity index (χ4v) is 2.13. The van der Waals surface area contributed by atoms with Gasteiger partial charge in [0.05, 0.1) is 11.3 Å². The minimum atomic E-state index is -5.08. The maximum absolute atomic E-state index is 13.7. The molecule has 0 spiro atoms. The van der Waals surface area contributed by atoms with Gasteiger partial charge < -0.3 is 5.32 Å². The number of carbonyl (C=O) groups is 1. The molecule has 1 heterocycles. The lowest BCUT2D eigenvalue weighted by molar-refractivity contribution is -0.156. The van der Waals surface area contributed by atoms with E-state index in [1.54, 1.807) is 12.2 Å². The molecule has 0 radical (unpaired) electrons. The third kappa shape index (κ3) is 3.49. The number of carbonyl (C=O) groups excluding carboxylic acids is 1. The molecule has 0 fully saturated rings. The largest absolute Gasteiger partial charge is 0.413 e. The van der Waals surface area contributed by atoms with Gasteiger partial charge in [-0.3, -0.25) is 9.48 Å². The van der Waals surface area contributed by atoms with Crippen LogP contribution in [-0.4, -0.2) is 21.9 Å². The highest BCUT2D eigenvalue weighted by molar-refractivity contribution is 5.93. The van der Waals surface area contributed by atoms with E-state index < -0.39 is 35.3 Å². The van der Waals surface area contributed by atoms with Crippen LogP contribution in [0.5, 0.6) is 0 Å². The Morgan fingerprint density at radius 3 is 2.26 bits per heavy atom. The molecule has 2 rings (SSSR count). The highest BCUT2D eigenvalue weighted by atomic mass is 19.4. The van der Waals surface area contributed by atoms with Crippen molar-refractivity contribution < 1.29 is 26.7 Å². The normalized spacial score (nSPS) is 13.0. The van der Waals surface area contributed by atoms with Gasteiger partial charge in [-0.2, -0.15) is 18.3 Å². The lowest BCUT2D eigenvalue weighted by Crippen LogP contribution is -2.39. The first-order chi connectivity index (χ1) is 10.6. The van der Waals surface area contributed by atoms with Gasteiger partial charge in [0.25, 0.3) is 5.91 Å². The van der Waals surface area contributed by atoms with E-state index in [1.807, 2.05) is 0 Å². The van der Waals surface area contributed by atoms with Crippen molar-refractivity contribution >= 4 is 5.91 Å². The van der Waals surface area contributed by atoms with Crippen molar-refractivity contribution in [3.05, 3.63) is 52.9 Å². The molecule has 2 aromatic rings. The van der Waals surface area contributed by atoms with E-state index in [-0.39, 0.29) is 5.69 Å². The molecule has 4 nitrogen and oxygen atoms in total. The van der Waals surface area contributed by atoms with E-state index in [9.17, 15) is 26.7 Å². The number of nitrogens with zero attached hydrogens (tertiary/aromatic N) is 2. The molecule has 1 aromatic heterocycles. The number of nitrogens with one attached hydrogen (secondary N) is 1. The Morgan fingerprint density at radius 2 is 1.83 bits per heavy atom. The van der Waals surface area contributed by atoms with Gasteiger partial charge in [0.1, 0.15) is 17.3 Å². The van der Waals surface area contributed by atoms with E-state index in [4.69, 9.17) is 0 Å². The molecule has 23 heavy (non-hydrogen) atoms. The maximum Gasteiger partial charge on any atom is 0.413 e. The first kappa shape index (κ1) is 16.9. The molecule has 0 saturated carbocycles. The number of aromatic nitrogens is 2. The van der Waals surface area contributed by atoms with Crippen molar-refractivity contribution in [2.24, 2.45) is 7.05 Å². The summed E-state index contributed by atoms with van der Waals surface area (Å²) in [6.07, 6.45) is -5.08. The molecular formula is C14H12F5N3O. The predicted octanol–water partition coefficient (Wildman–Crippen LogP) is 3.04. The average molecular weight is 333 g/mol. The molecule has 1 atom stereocenters. The number of aryl methyl sites for hydroxylation is 2. The molecule has 1 N–H and O–H groups in total. The minimum Gasteiger partial charge on any atom is -0.335 e. The third-order valence-corrected chi connectivity index (χ3v) is 3.13. The second kappa shape index (κ2) is 5.98. The van der Waals surface area contributed by atoms with Crippen LogP contribution in [0.4, 0.5) is 22.0 Å². The van der Waals surface area contributed by atoms with Gasteiger partial charge in [0, 0.05) is 7.05 Å². The van der Waals surface area contributed by atoms with Gasteiger partial charge in [-0.05, 0) is 25.1 Å². The van der Waals surface area contributed by atoms with E-state index in [0.717, 1.165) is 10.7 Å². The summed E-state index contributed by atoms with van der Waals surface area (Å²) in [6, 6.07) is 0.773. The summed E-state index contributed by atoms with van der Waals surface area (Å²) in [7, 11) is 1.37. The number of hydrogen-bond acceptors (Lipinski definition) is 2. The Bertz CT molecular complexity index is 718. The molecular weight excluding hydrogens is 321 g/mol. The zero-order valence-corrected chi connectivity index (χ0v) is 12.1. The minimum absolute atomic E-state index is 0.159. The second-order valence-electron chi connectivity index (χ2n) is 4.88. The molecule has 0 aliphatic rings. The zero-order chi connectivity index (χ0) is 17.4. The quantitative estimate of drug-likeness (QED) is 0.878. The average Bonchev–Trinajstić information content (AvgIpc) is 2.75. The summed E-state index contributed by atoms with van der Waals surface area (Å²) in [5.74, 6) is -3.93. The number of hydrogen-bond donors (Lipinski definition) is 1. The maximum atomic E-state index is 13.7. The van der Waals surface area contributed by atoms with Gasteiger partial charge in [-0.15, -0.1) is 0 Å². The predicted molar refractivity (Wildman–Crippen MR) is 70.6 cm³/mol. The fourth-order valence-electron chi connectivity index (χ4n) is 2.13. The monoisotopic (exact) mass is 333 g/mol. The Hall–Kier alpha value is -2.45. The van der Waals surface area contributed by atoms with E-state index in [2.05, 4.69) is 5.10 Å². The summed E-state index contributed by atoms with van der Waals surface area (Å²) in [5.41, 5.74) is -1.00. The summed E-state index contributed by atoms with van der Waals surface area (Å²) in [6.45, 7) is 1.55. The standard InChI is InChI=1S/C14H12F5N3O/c1-7-6-10(22(2)21-7)13(23)20-12(14(17,18)19)11-8(15)4-3-5-9(11)16/h3-6,12H,1-2H3,(H,20,23).